The van der Waals surface area contributed by atoms with Gasteiger partial charge in [-0.2, -0.15) is 0 Å². The number of sulfone groups is 1. The second-order valence-corrected chi connectivity index (χ2v) is 9.12. The molecular formula is C21H20N2O5S. The third kappa shape index (κ3) is 4.65. The van der Waals surface area contributed by atoms with Gasteiger partial charge in [-0.25, -0.2) is 13.2 Å². The first-order chi connectivity index (χ1) is 13.9. The van der Waals surface area contributed by atoms with Gasteiger partial charge in [-0.1, -0.05) is 18.2 Å². The molecule has 7 nitrogen and oxygen atoms in total. The van der Waals surface area contributed by atoms with Crippen molar-refractivity contribution in [2.45, 2.75) is 23.5 Å². The van der Waals surface area contributed by atoms with Crippen molar-refractivity contribution in [1.29, 1.82) is 0 Å². The third-order valence-electron chi connectivity index (χ3n) is 4.74. The maximum Gasteiger partial charge on any atom is 0.332 e. The number of aromatic nitrogens is 2. The predicted molar refractivity (Wildman–Crippen MR) is 108 cm³/mol. The summed E-state index contributed by atoms with van der Waals surface area (Å²) >= 11 is 0. The lowest BCUT2D eigenvalue weighted by Crippen LogP contribution is -2.27. The van der Waals surface area contributed by atoms with Crippen LogP contribution in [-0.4, -0.2) is 24.6 Å². The molecule has 150 valence electrons. The summed E-state index contributed by atoms with van der Waals surface area (Å²) in [5.41, 5.74) is 0.0941. The van der Waals surface area contributed by atoms with Gasteiger partial charge >= 0.3 is 5.69 Å². The van der Waals surface area contributed by atoms with Gasteiger partial charge in [-0.3, -0.25) is 14.3 Å². The van der Waals surface area contributed by atoms with Gasteiger partial charge in [0.05, 0.1) is 22.9 Å². The van der Waals surface area contributed by atoms with Crippen LogP contribution in [0, 0.1) is 5.92 Å². The van der Waals surface area contributed by atoms with Crippen molar-refractivity contribution in [3.05, 3.63) is 87.2 Å². The number of aromatic amines is 1. The van der Waals surface area contributed by atoms with Crippen molar-refractivity contribution in [3.8, 4) is 11.4 Å². The number of benzene rings is 2. The first-order valence-corrected chi connectivity index (χ1v) is 10.9. The van der Waals surface area contributed by atoms with E-state index in [0.29, 0.717) is 29.5 Å². The topological polar surface area (TPSA) is 98.2 Å². The van der Waals surface area contributed by atoms with E-state index in [1.165, 1.54) is 29.7 Å². The van der Waals surface area contributed by atoms with Gasteiger partial charge in [0.15, 0.2) is 9.84 Å². The Kier molecular flexibility index (Phi) is 5.10. The first kappa shape index (κ1) is 19.2. The summed E-state index contributed by atoms with van der Waals surface area (Å²) in [6.45, 7) is 0.620. The number of hydrogen-bond acceptors (Lipinski definition) is 5. The van der Waals surface area contributed by atoms with Crippen LogP contribution in [0.2, 0.25) is 0 Å². The van der Waals surface area contributed by atoms with E-state index < -0.39 is 21.1 Å². The molecule has 8 heteroatoms. The Bertz CT molecular complexity index is 1240. The standard InChI is InChI=1S/C21H20N2O5S/c24-20-10-11-23(21(25)22-20)17-8-6-16(7-9-17)14-29(26,27)19-3-1-2-18(12-19)28-13-15-4-5-15/h1-3,6-12,15H,4-5,13-14H2,(H,22,24,25). The maximum atomic E-state index is 12.8. The lowest BCUT2D eigenvalue weighted by Gasteiger charge is -2.09. The summed E-state index contributed by atoms with van der Waals surface area (Å²) < 4.78 is 32.6. The summed E-state index contributed by atoms with van der Waals surface area (Å²) in [4.78, 5) is 25.4. The van der Waals surface area contributed by atoms with E-state index >= 15 is 0 Å². The van der Waals surface area contributed by atoms with Crippen molar-refractivity contribution in [1.82, 2.24) is 9.55 Å². The second-order valence-electron chi connectivity index (χ2n) is 7.13. The number of H-pyrrole nitrogens is 1. The molecule has 0 atom stereocenters. The van der Waals surface area contributed by atoms with Crippen molar-refractivity contribution in [2.75, 3.05) is 6.61 Å². The van der Waals surface area contributed by atoms with Gasteiger partial charge in [0, 0.05) is 12.3 Å². The Morgan fingerprint density at radius 3 is 2.48 bits per heavy atom. The van der Waals surface area contributed by atoms with Crippen molar-refractivity contribution in [2.24, 2.45) is 5.92 Å². The fraction of sp³-hybridized carbons (Fsp3) is 0.238. The van der Waals surface area contributed by atoms with Gasteiger partial charge in [0.2, 0.25) is 0 Å². The van der Waals surface area contributed by atoms with E-state index in [2.05, 4.69) is 4.98 Å². The zero-order chi connectivity index (χ0) is 20.4. The summed E-state index contributed by atoms with van der Waals surface area (Å²) in [7, 11) is -3.55. The second kappa shape index (κ2) is 7.71. The zero-order valence-electron chi connectivity index (χ0n) is 15.6. The van der Waals surface area contributed by atoms with Crippen LogP contribution in [0.3, 0.4) is 0 Å². The number of nitrogens with zero attached hydrogens (tertiary/aromatic N) is 1. The summed E-state index contributed by atoms with van der Waals surface area (Å²) in [6, 6.07) is 14.4. The molecule has 4 rings (SSSR count). The quantitative estimate of drug-likeness (QED) is 0.642. The van der Waals surface area contributed by atoms with Gasteiger partial charge < -0.3 is 4.74 Å². The lowest BCUT2D eigenvalue weighted by molar-refractivity contribution is 0.299. The molecule has 0 unspecified atom stereocenters. The van der Waals surface area contributed by atoms with Crippen LogP contribution < -0.4 is 16.0 Å². The Balaban J connectivity index is 1.51. The molecule has 0 aliphatic heterocycles. The van der Waals surface area contributed by atoms with Crippen LogP contribution in [-0.2, 0) is 15.6 Å². The lowest BCUT2D eigenvalue weighted by atomic mass is 10.2. The molecule has 0 spiro atoms. The fourth-order valence-electron chi connectivity index (χ4n) is 2.93. The molecular weight excluding hydrogens is 392 g/mol. The summed E-state index contributed by atoms with van der Waals surface area (Å²) in [5, 5.41) is 0. The minimum atomic E-state index is -3.55. The largest absolute Gasteiger partial charge is 0.493 e. The minimum absolute atomic E-state index is 0.167. The van der Waals surface area contributed by atoms with Crippen LogP contribution in [0.25, 0.3) is 5.69 Å². The predicted octanol–water partition coefficient (Wildman–Crippen LogP) is 2.29. The molecule has 1 N–H and O–H groups in total. The monoisotopic (exact) mass is 412 g/mol. The van der Waals surface area contributed by atoms with E-state index in [4.69, 9.17) is 4.74 Å². The van der Waals surface area contributed by atoms with Gasteiger partial charge in [-0.15, -0.1) is 0 Å². The molecule has 3 aromatic rings. The first-order valence-electron chi connectivity index (χ1n) is 9.28. The molecule has 1 aliphatic carbocycles. The number of ether oxygens (including phenoxy) is 1. The molecule has 1 fully saturated rings. The van der Waals surface area contributed by atoms with Crippen LogP contribution in [0.1, 0.15) is 18.4 Å². The highest BCUT2D eigenvalue weighted by Gasteiger charge is 2.22. The van der Waals surface area contributed by atoms with Gasteiger partial charge in [0.25, 0.3) is 5.56 Å². The Morgan fingerprint density at radius 1 is 1.03 bits per heavy atom. The molecule has 0 radical (unpaired) electrons. The van der Waals surface area contributed by atoms with Crippen molar-refractivity contribution >= 4 is 9.84 Å². The van der Waals surface area contributed by atoms with Gasteiger partial charge in [-0.05, 0) is 54.7 Å². The van der Waals surface area contributed by atoms with E-state index in [9.17, 15) is 18.0 Å². The molecule has 1 saturated carbocycles. The third-order valence-corrected chi connectivity index (χ3v) is 6.43. The average molecular weight is 412 g/mol. The highest BCUT2D eigenvalue weighted by Crippen LogP contribution is 2.30. The van der Waals surface area contributed by atoms with E-state index in [1.54, 1.807) is 48.5 Å². The van der Waals surface area contributed by atoms with Crippen LogP contribution in [0.5, 0.6) is 5.75 Å². The van der Waals surface area contributed by atoms with Crippen molar-refractivity contribution < 1.29 is 13.2 Å². The Hall–Kier alpha value is -3.13. The fourth-order valence-corrected chi connectivity index (χ4v) is 4.31. The molecule has 0 bridgehead atoms. The van der Waals surface area contributed by atoms with E-state index in [1.807, 2.05) is 0 Å². The summed E-state index contributed by atoms with van der Waals surface area (Å²) in [5.74, 6) is 0.981. The number of nitrogens with one attached hydrogen (secondary N) is 1. The van der Waals surface area contributed by atoms with Crippen molar-refractivity contribution in [3.63, 3.8) is 0 Å². The minimum Gasteiger partial charge on any atom is -0.493 e. The average Bonchev–Trinajstić information content (AvgIpc) is 3.52. The molecule has 1 heterocycles. The maximum absolute atomic E-state index is 12.8. The highest BCUT2D eigenvalue weighted by molar-refractivity contribution is 7.90. The van der Waals surface area contributed by atoms with Gasteiger partial charge in [0.1, 0.15) is 5.75 Å². The van der Waals surface area contributed by atoms with Crippen LogP contribution in [0.15, 0.2) is 75.3 Å². The number of rotatable bonds is 7. The van der Waals surface area contributed by atoms with Crippen LogP contribution >= 0.6 is 0 Å². The van der Waals surface area contributed by atoms with E-state index in [-0.39, 0.29) is 10.6 Å². The number of hydrogen-bond donors (Lipinski definition) is 1. The smallest absolute Gasteiger partial charge is 0.332 e. The normalized spacial score (nSPS) is 13.9. The molecule has 29 heavy (non-hydrogen) atoms. The SMILES string of the molecule is O=c1ccn(-c2ccc(CS(=O)(=O)c3cccc(OCC4CC4)c3)cc2)c(=O)[nH]1. The Labute approximate surface area is 167 Å². The van der Waals surface area contributed by atoms with E-state index in [0.717, 1.165) is 0 Å². The Morgan fingerprint density at radius 2 is 1.79 bits per heavy atom. The highest BCUT2D eigenvalue weighted by atomic mass is 32.2. The molecule has 0 saturated heterocycles. The molecule has 1 aromatic heterocycles. The molecule has 1 aliphatic rings. The molecule has 0 amide bonds. The summed E-state index contributed by atoms with van der Waals surface area (Å²) in [6.07, 6.45) is 3.71. The van der Waals surface area contributed by atoms with Crippen LogP contribution in [0.4, 0.5) is 0 Å². The zero-order valence-corrected chi connectivity index (χ0v) is 16.4. The molecule has 2 aromatic carbocycles.